The fourth-order valence-corrected chi connectivity index (χ4v) is 3.04. The van der Waals surface area contributed by atoms with Crippen LogP contribution < -0.4 is 0 Å². The van der Waals surface area contributed by atoms with Gasteiger partial charge in [0.2, 0.25) is 18.9 Å². The maximum absolute atomic E-state index is 11.7. The molecule has 4 atom stereocenters. The molecule has 2 rings (SSSR count). The largest absolute Gasteiger partial charge is 0.343 e. The highest BCUT2D eigenvalue weighted by Crippen LogP contribution is 2.39. The molecular weight excluding hydrogens is 272 g/mol. The van der Waals surface area contributed by atoms with E-state index in [9.17, 15) is 25.0 Å². The lowest BCUT2D eigenvalue weighted by Crippen LogP contribution is -2.52. The highest BCUT2D eigenvalue weighted by molar-refractivity contribution is 5.83. The second-order valence-electron chi connectivity index (χ2n) is 5.88. The summed E-state index contributed by atoms with van der Waals surface area (Å²) in [5.41, 5.74) is -1.18. The topological polar surface area (TPSA) is 122 Å². The number of hydrogen-bond donors (Lipinski definition) is 0. The fourth-order valence-electron chi connectivity index (χ4n) is 3.04. The first-order chi connectivity index (χ1) is 9.22. The molecule has 2 heterocycles. The summed E-state index contributed by atoms with van der Waals surface area (Å²) in [5.74, 6) is -1.04. The van der Waals surface area contributed by atoms with E-state index in [0.717, 1.165) is 0 Å². The lowest BCUT2D eigenvalue weighted by Gasteiger charge is -2.34. The van der Waals surface area contributed by atoms with E-state index >= 15 is 0 Å². The third kappa shape index (κ3) is 2.63. The Morgan fingerprint density at radius 1 is 1.40 bits per heavy atom. The summed E-state index contributed by atoms with van der Waals surface area (Å²) in [7, 11) is 0. The zero-order valence-electron chi connectivity index (χ0n) is 11.2. The second kappa shape index (κ2) is 5.06. The van der Waals surface area contributed by atoms with Crippen molar-refractivity contribution in [3.05, 3.63) is 20.2 Å². The molecule has 9 heteroatoms. The van der Waals surface area contributed by atoms with E-state index in [0.29, 0.717) is 0 Å². The second-order valence-corrected chi connectivity index (χ2v) is 5.88. The van der Waals surface area contributed by atoms with Crippen LogP contribution in [0.5, 0.6) is 0 Å². The molecule has 112 valence electrons. The molecule has 2 aliphatic heterocycles. The Morgan fingerprint density at radius 3 is 2.60 bits per heavy atom. The summed E-state index contributed by atoms with van der Waals surface area (Å²) >= 11 is 0. The average Bonchev–Trinajstić information content (AvgIpc) is 2.68. The van der Waals surface area contributed by atoms with Crippen LogP contribution in [0.15, 0.2) is 0 Å². The minimum atomic E-state index is -1.23. The van der Waals surface area contributed by atoms with Gasteiger partial charge in [0.1, 0.15) is 0 Å². The average molecular weight is 288 g/mol. The molecule has 0 aromatic rings. The van der Waals surface area contributed by atoms with E-state index in [1.54, 1.807) is 0 Å². The monoisotopic (exact) mass is 288 g/mol. The number of carbonyl (C=O) groups excluding carboxylic acids is 1. The molecule has 0 aromatic heterocycles. The predicted molar refractivity (Wildman–Crippen MR) is 64.2 cm³/mol. The van der Waals surface area contributed by atoms with Crippen LogP contribution in [0.3, 0.4) is 0 Å². The van der Waals surface area contributed by atoms with Crippen molar-refractivity contribution in [2.24, 2.45) is 11.3 Å². The van der Waals surface area contributed by atoms with E-state index < -0.39 is 46.2 Å². The van der Waals surface area contributed by atoms with Crippen LogP contribution in [-0.2, 0) is 14.3 Å². The molecule has 2 fully saturated rings. The first kappa shape index (κ1) is 14.8. The third-order valence-electron chi connectivity index (χ3n) is 3.86. The van der Waals surface area contributed by atoms with Crippen molar-refractivity contribution in [2.45, 2.75) is 38.7 Å². The van der Waals surface area contributed by atoms with Gasteiger partial charge >= 0.3 is 0 Å². The number of carbonyl (C=O) groups is 1. The Labute approximate surface area is 114 Å². The van der Waals surface area contributed by atoms with Crippen LogP contribution in [0.1, 0.15) is 20.3 Å². The highest BCUT2D eigenvalue weighted by Gasteiger charge is 2.56. The third-order valence-corrected chi connectivity index (χ3v) is 3.86. The molecular formula is C11H16N2O7. The molecule has 2 saturated heterocycles. The van der Waals surface area contributed by atoms with Crippen LogP contribution in [-0.4, -0.2) is 47.2 Å². The highest BCUT2D eigenvalue weighted by atomic mass is 16.7. The Balaban J connectivity index is 2.26. The molecule has 0 spiro atoms. The number of hydrogen-bond acceptors (Lipinski definition) is 7. The predicted octanol–water partition coefficient (Wildman–Crippen LogP) is 0.265. The van der Waals surface area contributed by atoms with E-state index in [1.165, 1.54) is 13.8 Å². The smallest absolute Gasteiger partial charge is 0.230 e. The van der Waals surface area contributed by atoms with Crippen molar-refractivity contribution >= 4 is 5.78 Å². The Kier molecular flexibility index (Phi) is 3.74. The van der Waals surface area contributed by atoms with Gasteiger partial charge in [-0.1, -0.05) is 0 Å². The molecule has 2 bridgehead atoms. The Bertz CT molecular complexity index is 450. The number of fused-ring (bicyclic) bond motifs is 2. The number of ether oxygens (including phenoxy) is 2. The number of Topliss-reactive ketones (excluding diaryl/α,β-unsaturated/α-hetero) is 1. The van der Waals surface area contributed by atoms with Crippen LogP contribution in [0.4, 0.5) is 0 Å². The number of nitrogens with zero attached hydrogens (tertiary/aromatic N) is 2. The van der Waals surface area contributed by atoms with Crippen LogP contribution in [0.25, 0.3) is 0 Å². The standard InChI is InChI=1S/C11H16N2O7/c1-11(2,5-12(15)16)9(13(17)18)6-3-7(14)10-19-4-8(6)20-10/h6,8-10H,3-5H2,1-2H3/t6-,8+,9-,10+/m0/s1. The molecule has 0 aromatic carbocycles. The van der Waals surface area contributed by atoms with Crippen LogP contribution >= 0.6 is 0 Å². The molecule has 0 amide bonds. The van der Waals surface area contributed by atoms with Crippen molar-refractivity contribution in [3.63, 3.8) is 0 Å². The quantitative estimate of drug-likeness (QED) is 0.525. The first-order valence-electron chi connectivity index (χ1n) is 6.27. The summed E-state index contributed by atoms with van der Waals surface area (Å²) in [6, 6.07) is -1.23. The van der Waals surface area contributed by atoms with Gasteiger partial charge in [-0.15, -0.1) is 0 Å². The SMILES string of the molecule is CC(C)(C[N+](=O)[O-])[C@H]([C@H]1CC(=O)[C@@H]2OC[C@H]1O2)[N+](=O)[O-]. The lowest BCUT2D eigenvalue weighted by molar-refractivity contribution is -0.577. The van der Waals surface area contributed by atoms with Crippen molar-refractivity contribution in [1.29, 1.82) is 0 Å². The minimum Gasteiger partial charge on any atom is -0.343 e. The van der Waals surface area contributed by atoms with Gasteiger partial charge in [0.15, 0.2) is 5.78 Å². The van der Waals surface area contributed by atoms with Crippen molar-refractivity contribution < 1.29 is 24.1 Å². The minimum absolute atomic E-state index is 0.0396. The van der Waals surface area contributed by atoms with Crippen molar-refractivity contribution in [3.8, 4) is 0 Å². The number of ketones is 1. The van der Waals surface area contributed by atoms with Gasteiger partial charge in [0, 0.05) is 16.3 Å². The molecule has 0 saturated carbocycles. The van der Waals surface area contributed by atoms with Gasteiger partial charge in [0.05, 0.1) is 24.0 Å². The lowest BCUT2D eigenvalue weighted by atomic mass is 9.73. The Morgan fingerprint density at radius 2 is 2.05 bits per heavy atom. The fraction of sp³-hybridized carbons (Fsp3) is 0.909. The maximum Gasteiger partial charge on any atom is 0.230 e. The van der Waals surface area contributed by atoms with Crippen LogP contribution in [0.2, 0.25) is 0 Å². The van der Waals surface area contributed by atoms with Gasteiger partial charge in [-0.05, 0) is 13.8 Å². The summed E-state index contributed by atoms with van der Waals surface area (Å²) in [6.45, 7) is 2.51. The molecule has 2 aliphatic rings. The summed E-state index contributed by atoms with van der Waals surface area (Å²) in [5, 5.41) is 22.1. The van der Waals surface area contributed by atoms with E-state index in [4.69, 9.17) is 9.47 Å². The number of nitro groups is 2. The zero-order valence-corrected chi connectivity index (χ0v) is 11.2. The molecule has 0 N–H and O–H groups in total. The maximum atomic E-state index is 11.7. The van der Waals surface area contributed by atoms with Gasteiger partial charge in [-0.3, -0.25) is 25.0 Å². The van der Waals surface area contributed by atoms with Gasteiger partial charge in [-0.25, -0.2) is 0 Å². The van der Waals surface area contributed by atoms with Crippen molar-refractivity contribution in [2.75, 3.05) is 13.2 Å². The van der Waals surface area contributed by atoms with Crippen molar-refractivity contribution in [1.82, 2.24) is 0 Å². The van der Waals surface area contributed by atoms with Crippen LogP contribution in [0, 0.1) is 31.6 Å². The molecule has 20 heavy (non-hydrogen) atoms. The Hall–Kier alpha value is -1.61. The van der Waals surface area contributed by atoms with Gasteiger partial charge < -0.3 is 9.47 Å². The summed E-state index contributed by atoms with van der Waals surface area (Å²) < 4.78 is 10.4. The van der Waals surface area contributed by atoms with Gasteiger partial charge in [0.25, 0.3) is 0 Å². The van der Waals surface area contributed by atoms with E-state index in [2.05, 4.69) is 0 Å². The number of rotatable bonds is 5. The molecule has 0 radical (unpaired) electrons. The summed E-state index contributed by atoms with van der Waals surface area (Å²) in [6.07, 6.45) is -1.52. The zero-order chi connectivity index (χ0) is 15.1. The first-order valence-corrected chi connectivity index (χ1v) is 6.27. The molecule has 9 nitrogen and oxygen atoms in total. The molecule has 0 unspecified atom stereocenters. The molecule has 0 aliphatic carbocycles. The normalized spacial score (nSPS) is 31.1. The summed E-state index contributed by atoms with van der Waals surface area (Å²) in [4.78, 5) is 32.7. The van der Waals surface area contributed by atoms with E-state index in [-0.39, 0.29) is 18.8 Å². The van der Waals surface area contributed by atoms with E-state index in [1.807, 2.05) is 0 Å². The van der Waals surface area contributed by atoms with Gasteiger partial charge in [-0.2, -0.15) is 0 Å².